The Labute approximate surface area is 126 Å². The van der Waals surface area contributed by atoms with Gasteiger partial charge in [-0.2, -0.15) is 0 Å². The van der Waals surface area contributed by atoms with Crippen LogP contribution in [-0.2, 0) is 6.42 Å². The van der Waals surface area contributed by atoms with Crippen molar-refractivity contribution in [3.8, 4) is 10.6 Å². The van der Waals surface area contributed by atoms with Gasteiger partial charge in [0, 0.05) is 23.0 Å². The molecule has 0 aliphatic rings. The predicted molar refractivity (Wildman–Crippen MR) is 84.5 cm³/mol. The number of rotatable bonds is 6. The van der Waals surface area contributed by atoms with Gasteiger partial charge in [0.2, 0.25) is 0 Å². The van der Waals surface area contributed by atoms with Gasteiger partial charge in [-0.25, -0.2) is 0 Å². The van der Waals surface area contributed by atoms with E-state index in [2.05, 4.69) is 57.4 Å². The fourth-order valence-corrected chi connectivity index (χ4v) is 2.91. The lowest BCUT2D eigenvalue weighted by Gasteiger charge is -2.05. The van der Waals surface area contributed by atoms with Crippen LogP contribution < -0.4 is 5.32 Å². The lowest BCUT2D eigenvalue weighted by atomic mass is 10.2. The van der Waals surface area contributed by atoms with Gasteiger partial charge in [-0.05, 0) is 24.6 Å². The fourth-order valence-electron chi connectivity index (χ4n) is 1.68. The van der Waals surface area contributed by atoms with Gasteiger partial charge in [0.1, 0.15) is 10.0 Å². The summed E-state index contributed by atoms with van der Waals surface area (Å²) >= 11 is 5.15. The molecule has 1 N–H and O–H groups in total. The predicted octanol–water partition coefficient (Wildman–Crippen LogP) is 3.76. The van der Waals surface area contributed by atoms with E-state index in [1.54, 1.807) is 11.3 Å². The molecule has 0 spiro atoms. The van der Waals surface area contributed by atoms with E-state index in [0.29, 0.717) is 5.92 Å². The van der Waals surface area contributed by atoms with Crippen LogP contribution in [0.5, 0.6) is 0 Å². The second kappa shape index (κ2) is 7.12. The molecule has 0 saturated carbocycles. The first kappa shape index (κ1) is 14.6. The van der Waals surface area contributed by atoms with Gasteiger partial charge in [-0.15, -0.1) is 10.2 Å². The van der Waals surface area contributed by atoms with Crippen molar-refractivity contribution in [2.24, 2.45) is 5.92 Å². The zero-order valence-corrected chi connectivity index (χ0v) is 13.6. The molecule has 0 unspecified atom stereocenters. The van der Waals surface area contributed by atoms with Crippen LogP contribution in [-0.4, -0.2) is 23.3 Å². The van der Waals surface area contributed by atoms with Gasteiger partial charge in [-0.3, -0.25) is 0 Å². The molecule has 0 amide bonds. The number of benzene rings is 1. The third kappa shape index (κ3) is 4.67. The summed E-state index contributed by atoms with van der Waals surface area (Å²) in [6.45, 7) is 6.44. The van der Waals surface area contributed by atoms with E-state index in [0.717, 1.165) is 39.6 Å². The minimum Gasteiger partial charge on any atom is -0.316 e. The van der Waals surface area contributed by atoms with Gasteiger partial charge in [0.25, 0.3) is 0 Å². The fraction of sp³-hybridized carbons (Fsp3) is 0.429. The molecule has 1 aromatic carbocycles. The molecular weight excluding hydrogens is 322 g/mol. The summed E-state index contributed by atoms with van der Waals surface area (Å²) in [4.78, 5) is 0. The first-order valence-electron chi connectivity index (χ1n) is 6.44. The summed E-state index contributed by atoms with van der Waals surface area (Å²) < 4.78 is 1.07. The molecule has 0 aliphatic heterocycles. The Hall–Kier alpha value is -0.780. The van der Waals surface area contributed by atoms with Crippen molar-refractivity contribution < 1.29 is 0 Å². The molecule has 1 heterocycles. The molecule has 3 nitrogen and oxygen atoms in total. The summed E-state index contributed by atoms with van der Waals surface area (Å²) in [5.41, 5.74) is 1.12. The summed E-state index contributed by atoms with van der Waals surface area (Å²) in [7, 11) is 0. The van der Waals surface area contributed by atoms with E-state index < -0.39 is 0 Å². The second-order valence-corrected chi connectivity index (χ2v) is 6.84. The molecule has 1 aromatic heterocycles. The molecule has 0 aliphatic carbocycles. The second-order valence-electron chi connectivity index (χ2n) is 4.86. The molecule has 0 radical (unpaired) electrons. The highest BCUT2D eigenvalue weighted by atomic mass is 79.9. The molecule has 2 aromatic rings. The van der Waals surface area contributed by atoms with Crippen LogP contribution in [0.15, 0.2) is 28.7 Å². The maximum Gasteiger partial charge on any atom is 0.147 e. The van der Waals surface area contributed by atoms with E-state index in [-0.39, 0.29) is 0 Å². The maximum atomic E-state index is 4.26. The third-order valence-electron chi connectivity index (χ3n) is 2.61. The lowest BCUT2D eigenvalue weighted by Crippen LogP contribution is -2.22. The summed E-state index contributed by atoms with van der Waals surface area (Å²) in [5, 5.41) is 14.0. The number of aromatic nitrogens is 2. The van der Waals surface area contributed by atoms with Gasteiger partial charge < -0.3 is 5.32 Å². The van der Waals surface area contributed by atoms with Gasteiger partial charge in [0.05, 0.1) is 0 Å². The SMILES string of the molecule is CC(C)CNCCc1nnc(-c2cccc(Br)c2)s1. The van der Waals surface area contributed by atoms with E-state index in [1.807, 2.05) is 12.1 Å². The molecule has 19 heavy (non-hydrogen) atoms. The van der Waals surface area contributed by atoms with E-state index in [4.69, 9.17) is 0 Å². The quantitative estimate of drug-likeness (QED) is 0.814. The Kier molecular flexibility index (Phi) is 5.48. The van der Waals surface area contributed by atoms with Crippen molar-refractivity contribution in [3.05, 3.63) is 33.7 Å². The molecule has 0 fully saturated rings. The number of hydrogen-bond donors (Lipinski definition) is 1. The minimum atomic E-state index is 0.687. The lowest BCUT2D eigenvalue weighted by molar-refractivity contribution is 0.553. The minimum absolute atomic E-state index is 0.687. The molecule has 0 saturated heterocycles. The van der Waals surface area contributed by atoms with Crippen molar-refractivity contribution in [1.29, 1.82) is 0 Å². The average Bonchev–Trinajstić information content (AvgIpc) is 2.83. The molecule has 0 atom stereocenters. The Morgan fingerprint density at radius 2 is 2.16 bits per heavy atom. The van der Waals surface area contributed by atoms with Gasteiger partial charge in [-0.1, -0.05) is 53.2 Å². The van der Waals surface area contributed by atoms with Crippen LogP contribution in [0, 0.1) is 5.92 Å². The van der Waals surface area contributed by atoms with Crippen LogP contribution in [0.2, 0.25) is 0 Å². The standard InChI is InChI=1S/C14H18BrN3S/c1-10(2)9-16-7-6-13-17-18-14(19-13)11-4-3-5-12(15)8-11/h3-5,8,10,16H,6-7,9H2,1-2H3. The average molecular weight is 340 g/mol. The summed E-state index contributed by atoms with van der Waals surface area (Å²) in [6.07, 6.45) is 0.943. The van der Waals surface area contributed by atoms with E-state index in [9.17, 15) is 0 Å². The van der Waals surface area contributed by atoms with Crippen LogP contribution in [0.4, 0.5) is 0 Å². The summed E-state index contributed by atoms with van der Waals surface area (Å²) in [6, 6.07) is 8.17. The van der Waals surface area contributed by atoms with Crippen molar-refractivity contribution in [2.75, 3.05) is 13.1 Å². The number of hydrogen-bond acceptors (Lipinski definition) is 4. The molecule has 0 bridgehead atoms. The first-order chi connectivity index (χ1) is 9.15. The third-order valence-corrected chi connectivity index (χ3v) is 4.13. The molecule has 102 valence electrons. The number of nitrogens with zero attached hydrogens (tertiary/aromatic N) is 2. The maximum absolute atomic E-state index is 4.26. The van der Waals surface area contributed by atoms with Crippen molar-refractivity contribution in [3.63, 3.8) is 0 Å². The number of nitrogens with one attached hydrogen (secondary N) is 1. The van der Waals surface area contributed by atoms with E-state index in [1.165, 1.54) is 0 Å². The van der Waals surface area contributed by atoms with E-state index >= 15 is 0 Å². The van der Waals surface area contributed by atoms with Crippen LogP contribution in [0.1, 0.15) is 18.9 Å². The van der Waals surface area contributed by atoms with Crippen LogP contribution >= 0.6 is 27.3 Å². The van der Waals surface area contributed by atoms with Crippen molar-refractivity contribution >= 4 is 27.3 Å². The molecule has 5 heteroatoms. The first-order valence-corrected chi connectivity index (χ1v) is 8.05. The zero-order chi connectivity index (χ0) is 13.7. The Morgan fingerprint density at radius 1 is 1.32 bits per heavy atom. The van der Waals surface area contributed by atoms with Crippen LogP contribution in [0.25, 0.3) is 10.6 Å². The van der Waals surface area contributed by atoms with Crippen molar-refractivity contribution in [1.82, 2.24) is 15.5 Å². The Balaban J connectivity index is 1.92. The highest BCUT2D eigenvalue weighted by Gasteiger charge is 2.06. The Morgan fingerprint density at radius 3 is 2.89 bits per heavy atom. The number of halogens is 1. The van der Waals surface area contributed by atoms with Gasteiger partial charge >= 0.3 is 0 Å². The monoisotopic (exact) mass is 339 g/mol. The Bertz CT molecular complexity index is 525. The highest BCUT2D eigenvalue weighted by molar-refractivity contribution is 9.10. The molecular formula is C14H18BrN3S. The van der Waals surface area contributed by atoms with Crippen molar-refractivity contribution in [2.45, 2.75) is 20.3 Å². The smallest absolute Gasteiger partial charge is 0.147 e. The largest absolute Gasteiger partial charge is 0.316 e. The van der Waals surface area contributed by atoms with Gasteiger partial charge in [0.15, 0.2) is 0 Å². The van der Waals surface area contributed by atoms with Crippen LogP contribution in [0.3, 0.4) is 0 Å². The molecule has 2 rings (SSSR count). The highest BCUT2D eigenvalue weighted by Crippen LogP contribution is 2.25. The normalized spacial score (nSPS) is 11.2. The topological polar surface area (TPSA) is 37.8 Å². The zero-order valence-electron chi connectivity index (χ0n) is 11.2. The summed E-state index contributed by atoms with van der Waals surface area (Å²) in [5.74, 6) is 0.687.